The first-order valence-corrected chi connectivity index (χ1v) is 6.37. The molecule has 2 rings (SSSR count). The first-order valence-electron chi connectivity index (χ1n) is 6.37. The molecule has 0 bridgehead atoms. The summed E-state index contributed by atoms with van der Waals surface area (Å²) in [5.41, 5.74) is 11.8. The SMILES string of the molecule is Cc1ccccc1/C=N\NC(=O)Cc1ccc(N)cc1. The summed E-state index contributed by atoms with van der Waals surface area (Å²) in [6.45, 7) is 2.00. The third-order valence-electron chi connectivity index (χ3n) is 2.93. The average Bonchev–Trinajstić information content (AvgIpc) is 2.43. The molecule has 0 radical (unpaired) electrons. The van der Waals surface area contributed by atoms with Gasteiger partial charge < -0.3 is 5.73 Å². The first-order chi connectivity index (χ1) is 9.65. The highest BCUT2D eigenvalue weighted by Crippen LogP contribution is 2.06. The number of carbonyl (C=O) groups is 1. The number of benzene rings is 2. The summed E-state index contributed by atoms with van der Waals surface area (Å²) < 4.78 is 0. The van der Waals surface area contributed by atoms with Crippen molar-refractivity contribution in [1.29, 1.82) is 0 Å². The molecule has 2 aromatic carbocycles. The van der Waals surface area contributed by atoms with Crippen LogP contribution >= 0.6 is 0 Å². The van der Waals surface area contributed by atoms with E-state index < -0.39 is 0 Å². The van der Waals surface area contributed by atoms with Crippen molar-refractivity contribution in [1.82, 2.24) is 5.43 Å². The maximum atomic E-state index is 11.7. The van der Waals surface area contributed by atoms with Crippen LogP contribution in [0.3, 0.4) is 0 Å². The fourth-order valence-corrected chi connectivity index (χ4v) is 1.77. The lowest BCUT2D eigenvalue weighted by Gasteiger charge is -2.02. The number of hydrazone groups is 1. The molecule has 0 aliphatic carbocycles. The molecule has 0 saturated heterocycles. The molecular weight excluding hydrogens is 250 g/mol. The van der Waals surface area contributed by atoms with Gasteiger partial charge in [-0.25, -0.2) is 5.43 Å². The Morgan fingerprint density at radius 2 is 1.90 bits per heavy atom. The number of anilines is 1. The molecular formula is C16H17N3O. The van der Waals surface area contributed by atoms with Crippen LogP contribution < -0.4 is 11.2 Å². The summed E-state index contributed by atoms with van der Waals surface area (Å²) in [7, 11) is 0. The molecule has 2 aromatic rings. The minimum absolute atomic E-state index is 0.153. The molecule has 0 aliphatic heterocycles. The summed E-state index contributed by atoms with van der Waals surface area (Å²) in [6, 6.07) is 15.1. The van der Waals surface area contributed by atoms with E-state index in [1.165, 1.54) is 0 Å². The van der Waals surface area contributed by atoms with Gasteiger partial charge in [-0.15, -0.1) is 0 Å². The number of nitrogen functional groups attached to an aromatic ring is 1. The average molecular weight is 267 g/mol. The van der Waals surface area contributed by atoms with Gasteiger partial charge in [-0.2, -0.15) is 5.10 Å². The van der Waals surface area contributed by atoms with Gasteiger partial charge in [-0.05, 0) is 35.7 Å². The number of nitrogens with one attached hydrogen (secondary N) is 1. The molecule has 0 saturated carbocycles. The van der Waals surface area contributed by atoms with Gasteiger partial charge in [-0.1, -0.05) is 36.4 Å². The van der Waals surface area contributed by atoms with E-state index in [2.05, 4.69) is 10.5 Å². The van der Waals surface area contributed by atoms with Crippen LogP contribution in [0.5, 0.6) is 0 Å². The van der Waals surface area contributed by atoms with E-state index in [0.29, 0.717) is 5.69 Å². The lowest BCUT2D eigenvalue weighted by Crippen LogP contribution is -2.19. The smallest absolute Gasteiger partial charge is 0.244 e. The van der Waals surface area contributed by atoms with Gasteiger partial charge in [0.1, 0.15) is 0 Å². The van der Waals surface area contributed by atoms with Crippen LogP contribution in [0.1, 0.15) is 16.7 Å². The summed E-state index contributed by atoms with van der Waals surface area (Å²) >= 11 is 0. The largest absolute Gasteiger partial charge is 0.399 e. The highest BCUT2D eigenvalue weighted by Gasteiger charge is 2.01. The van der Waals surface area contributed by atoms with Gasteiger partial charge in [-0.3, -0.25) is 4.79 Å². The Kier molecular flexibility index (Phi) is 4.50. The Labute approximate surface area is 118 Å². The normalized spacial score (nSPS) is 10.7. The van der Waals surface area contributed by atoms with Crippen LogP contribution in [0.2, 0.25) is 0 Å². The van der Waals surface area contributed by atoms with Crippen molar-refractivity contribution in [2.75, 3.05) is 5.73 Å². The minimum Gasteiger partial charge on any atom is -0.399 e. The van der Waals surface area contributed by atoms with E-state index in [-0.39, 0.29) is 12.3 Å². The van der Waals surface area contributed by atoms with Gasteiger partial charge in [0.15, 0.2) is 0 Å². The summed E-state index contributed by atoms with van der Waals surface area (Å²) in [5, 5.41) is 3.97. The number of nitrogens with two attached hydrogens (primary N) is 1. The number of hydrogen-bond donors (Lipinski definition) is 2. The Morgan fingerprint density at radius 1 is 1.20 bits per heavy atom. The van der Waals surface area contributed by atoms with Gasteiger partial charge in [0, 0.05) is 5.69 Å². The fraction of sp³-hybridized carbons (Fsp3) is 0.125. The van der Waals surface area contributed by atoms with E-state index in [1.54, 1.807) is 18.3 Å². The molecule has 4 nitrogen and oxygen atoms in total. The van der Waals surface area contributed by atoms with Crippen LogP contribution in [-0.2, 0) is 11.2 Å². The third-order valence-corrected chi connectivity index (χ3v) is 2.93. The number of hydrogen-bond acceptors (Lipinski definition) is 3. The van der Waals surface area contributed by atoms with E-state index in [0.717, 1.165) is 16.7 Å². The first kappa shape index (κ1) is 13.8. The molecule has 0 aliphatic rings. The lowest BCUT2D eigenvalue weighted by molar-refractivity contribution is -0.120. The van der Waals surface area contributed by atoms with Crippen LogP contribution in [-0.4, -0.2) is 12.1 Å². The molecule has 0 fully saturated rings. The topological polar surface area (TPSA) is 67.5 Å². The Bertz CT molecular complexity index is 618. The van der Waals surface area contributed by atoms with Crippen molar-refractivity contribution in [2.24, 2.45) is 5.10 Å². The van der Waals surface area contributed by atoms with E-state index >= 15 is 0 Å². The zero-order valence-electron chi connectivity index (χ0n) is 11.3. The van der Waals surface area contributed by atoms with Crippen LogP contribution in [0, 0.1) is 6.92 Å². The van der Waals surface area contributed by atoms with Gasteiger partial charge >= 0.3 is 0 Å². The minimum atomic E-state index is -0.153. The van der Waals surface area contributed by atoms with Crippen LogP contribution in [0.15, 0.2) is 53.6 Å². The molecule has 0 spiro atoms. The predicted octanol–water partition coefficient (Wildman–Crippen LogP) is 2.27. The Balaban J connectivity index is 1.89. The highest BCUT2D eigenvalue weighted by atomic mass is 16.2. The Morgan fingerprint density at radius 3 is 2.60 bits per heavy atom. The Hall–Kier alpha value is -2.62. The van der Waals surface area contributed by atoms with E-state index in [1.807, 2.05) is 43.3 Å². The molecule has 0 unspecified atom stereocenters. The second kappa shape index (κ2) is 6.52. The second-order valence-corrected chi connectivity index (χ2v) is 4.57. The molecule has 0 atom stereocenters. The monoisotopic (exact) mass is 267 g/mol. The zero-order chi connectivity index (χ0) is 14.4. The number of nitrogens with zero attached hydrogens (tertiary/aromatic N) is 1. The van der Waals surface area contributed by atoms with Gasteiger partial charge in [0.05, 0.1) is 12.6 Å². The molecule has 102 valence electrons. The van der Waals surface area contributed by atoms with Crippen molar-refractivity contribution in [3.8, 4) is 0 Å². The molecule has 20 heavy (non-hydrogen) atoms. The van der Waals surface area contributed by atoms with Crippen molar-refractivity contribution >= 4 is 17.8 Å². The summed E-state index contributed by atoms with van der Waals surface area (Å²) in [5.74, 6) is -0.153. The maximum absolute atomic E-state index is 11.7. The summed E-state index contributed by atoms with van der Waals surface area (Å²) in [4.78, 5) is 11.7. The molecule has 4 heteroatoms. The van der Waals surface area contributed by atoms with Crippen LogP contribution in [0.25, 0.3) is 0 Å². The van der Waals surface area contributed by atoms with E-state index in [4.69, 9.17) is 5.73 Å². The zero-order valence-corrected chi connectivity index (χ0v) is 11.3. The highest BCUT2D eigenvalue weighted by molar-refractivity contribution is 5.84. The van der Waals surface area contributed by atoms with Crippen molar-refractivity contribution < 1.29 is 4.79 Å². The van der Waals surface area contributed by atoms with Crippen molar-refractivity contribution in [3.63, 3.8) is 0 Å². The molecule has 0 heterocycles. The third kappa shape index (κ3) is 3.95. The molecule has 0 aromatic heterocycles. The molecule has 3 N–H and O–H groups in total. The molecule has 1 amide bonds. The predicted molar refractivity (Wildman–Crippen MR) is 81.5 cm³/mol. The number of carbonyl (C=O) groups excluding carboxylic acids is 1. The lowest BCUT2D eigenvalue weighted by atomic mass is 10.1. The fourth-order valence-electron chi connectivity index (χ4n) is 1.77. The quantitative estimate of drug-likeness (QED) is 0.507. The second-order valence-electron chi connectivity index (χ2n) is 4.57. The standard InChI is InChI=1S/C16H17N3O/c1-12-4-2-3-5-14(12)11-18-19-16(20)10-13-6-8-15(17)9-7-13/h2-9,11H,10,17H2,1H3,(H,19,20)/b18-11-. The maximum Gasteiger partial charge on any atom is 0.244 e. The van der Waals surface area contributed by atoms with Crippen molar-refractivity contribution in [3.05, 3.63) is 65.2 Å². The van der Waals surface area contributed by atoms with Crippen molar-refractivity contribution in [2.45, 2.75) is 13.3 Å². The number of aryl methyl sites for hydroxylation is 1. The number of amides is 1. The van der Waals surface area contributed by atoms with Crippen LogP contribution in [0.4, 0.5) is 5.69 Å². The van der Waals surface area contributed by atoms with Gasteiger partial charge in [0.2, 0.25) is 5.91 Å². The summed E-state index contributed by atoms with van der Waals surface area (Å²) in [6.07, 6.45) is 1.93. The van der Waals surface area contributed by atoms with E-state index in [9.17, 15) is 4.79 Å². The van der Waals surface area contributed by atoms with Gasteiger partial charge in [0.25, 0.3) is 0 Å². The number of rotatable bonds is 4.